The lowest BCUT2D eigenvalue weighted by molar-refractivity contribution is 0.257. The highest BCUT2D eigenvalue weighted by molar-refractivity contribution is 4.89. The van der Waals surface area contributed by atoms with Crippen LogP contribution in [-0.2, 0) is 0 Å². The first-order chi connectivity index (χ1) is 7.43. The number of nitrogens with one attached hydrogen (secondary N) is 1. The standard InChI is InChI=1S/C14H25N/c1-2-5-11(4-1)14-7-3-6-12(14)10-15-13-8-9-13/h11-15H,1-10H2. The third-order valence-electron chi connectivity index (χ3n) is 4.97. The van der Waals surface area contributed by atoms with Crippen LogP contribution in [0.15, 0.2) is 0 Å². The van der Waals surface area contributed by atoms with Gasteiger partial charge in [-0.2, -0.15) is 0 Å². The van der Waals surface area contributed by atoms with E-state index in [2.05, 4.69) is 5.32 Å². The molecule has 2 atom stereocenters. The first-order valence-electron chi connectivity index (χ1n) is 7.17. The Morgan fingerprint density at radius 2 is 1.60 bits per heavy atom. The molecular formula is C14H25N. The summed E-state index contributed by atoms with van der Waals surface area (Å²) in [6.07, 6.45) is 13.6. The van der Waals surface area contributed by atoms with E-state index < -0.39 is 0 Å². The Morgan fingerprint density at radius 1 is 0.800 bits per heavy atom. The van der Waals surface area contributed by atoms with E-state index in [9.17, 15) is 0 Å². The van der Waals surface area contributed by atoms with Crippen molar-refractivity contribution in [3.05, 3.63) is 0 Å². The second-order valence-corrected chi connectivity index (χ2v) is 6.08. The van der Waals surface area contributed by atoms with Gasteiger partial charge < -0.3 is 5.32 Å². The van der Waals surface area contributed by atoms with Crippen LogP contribution in [0.4, 0.5) is 0 Å². The summed E-state index contributed by atoms with van der Waals surface area (Å²) in [4.78, 5) is 0. The predicted octanol–water partition coefficient (Wildman–Crippen LogP) is 3.34. The second-order valence-electron chi connectivity index (χ2n) is 6.08. The molecule has 3 rings (SSSR count). The first kappa shape index (κ1) is 10.1. The smallest absolute Gasteiger partial charge is 0.00683 e. The fourth-order valence-electron chi connectivity index (χ4n) is 3.93. The maximum atomic E-state index is 3.75. The molecule has 0 spiro atoms. The van der Waals surface area contributed by atoms with Crippen molar-refractivity contribution in [2.45, 2.75) is 63.8 Å². The zero-order valence-corrected chi connectivity index (χ0v) is 9.88. The summed E-state index contributed by atoms with van der Waals surface area (Å²) in [5.74, 6) is 3.24. The lowest BCUT2D eigenvalue weighted by Crippen LogP contribution is -2.29. The Kier molecular flexibility index (Phi) is 3.01. The Morgan fingerprint density at radius 3 is 2.33 bits per heavy atom. The van der Waals surface area contributed by atoms with Gasteiger partial charge in [-0.25, -0.2) is 0 Å². The molecule has 3 aliphatic rings. The highest BCUT2D eigenvalue weighted by Crippen LogP contribution is 2.43. The van der Waals surface area contributed by atoms with Crippen molar-refractivity contribution in [2.75, 3.05) is 6.54 Å². The van der Waals surface area contributed by atoms with Gasteiger partial charge in [0.2, 0.25) is 0 Å². The summed E-state index contributed by atoms with van der Waals surface area (Å²) in [6, 6.07) is 0.912. The van der Waals surface area contributed by atoms with Crippen molar-refractivity contribution in [2.24, 2.45) is 17.8 Å². The average Bonchev–Trinajstić information content (AvgIpc) is 2.79. The Labute approximate surface area is 94.0 Å². The van der Waals surface area contributed by atoms with Gasteiger partial charge in [0, 0.05) is 6.04 Å². The highest BCUT2D eigenvalue weighted by atomic mass is 14.9. The highest BCUT2D eigenvalue weighted by Gasteiger charge is 2.35. The second kappa shape index (κ2) is 4.45. The molecule has 2 unspecified atom stereocenters. The van der Waals surface area contributed by atoms with Crippen LogP contribution in [0.5, 0.6) is 0 Å². The largest absolute Gasteiger partial charge is 0.314 e. The first-order valence-corrected chi connectivity index (χ1v) is 7.17. The van der Waals surface area contributed by atoms with Crippen molar-refractivity contribution in [1.29, 1.82) is 0 Å². The van der Waals surface area contributed by atoms with Crippen LogP contribution in [0.2, 0.25) is 0 Å². The van der Waals surface area contributed by atoms with Crippen LogP contribution in [0, 0.1) is 17.8 Å². The molecule has 0 heterocycles. The number of rotatable bonds is 4. The third-order valence-corrected chi connectivity index (χ3v) is 4.97. The molecule has 0 aromatic rings. The number of hydrogen-bond acceptors (Lipinski definition) is 1. The molecule has 1 heteroatoms. The van der Waals surface area contributed by atoms with Crippen molar-refractivity contribution in [3.63, 3.8) is 0 Å². The van der Waals surface area contributed by atoms with Gasteiger partial charge in [-0.3, -0.25) is 0 Å². The summed E-state index contributed by atoms with van der Waals surface area (Å²) >= 11 is 0. The quantitative estimate of drug-likeness (QED) is 0.745. The van der Waals surface area contributed by atoms with Gasteiger partial charge in [0.25, 0.3) is 0 Å². The SMILES string of the molecule is C1CCC(C2CCCC2CNC2CC2)C1. The molecule has 3 aliphatic carbocycles. The van der Waals surface area contributed by atoms with Gasteiger partial charge in [-0.05, 0) is 50.0 Å². The lowest BCUT2D eigenvalue weighted by Gasteiger charge is -2.25. The number of hydrogen-bond donors (Lipinski definition) is 1. The summed E-state index contributed by atoms with van der Waals surface area (Å²) in [7, 11) is 0. The molecule has 1 nitrogen and oxygen atoms in total. The van der Waals surface area contributed by atoms with Gasteiger partial charge >= 0.3 is 0 Å². The molecule has 3 fully saturated rings. The van der Waals surface area contributed by atoms with Gasteiger partial charge in [-0.1, -0.05) is 32.1 Å². The molecule has 15 heavy (non-hydrogen) atoms. The summed E-state index contributed by atoms with van der Waals surface area (Å²) in [5, 5.41) is 3.75. The van der Waals surface area contributed by atoms with Gasteiger partial charge in [0.05, 0.1) is 0 Å². The van der Waals surface area contributed by atoms with E-state index in [-0.39, 0.29) is 0 Å². The van der Waals surface area contributed by atoms with Gasteiger partial charge in [-0.15, -0.1) is 0 Å². The minimum Gasteiger partial charge on any atom is -0.314 e. The van der Waals surface area contributed by atoms with E-state index in [0.29, 0.717) is 0 Å². The van der Waals surface area contributed by atoms with Gasteiger partial charge in [0.1, 0.15) is 0 Å². The Hall–Kier alpha value is -0.0400. The summed E-state index contributed by atoms with van der Waals surface area (Å²) in [5.41, 5.74) is 0. The van der Waals surface area contributed by atoms with Crippen LogP contribution >= 0.6 is 0 Å². The molecule has 0 aromatic carbocycles. The molecule has 0 bridgehead atoms. The molecule has 0 radical (unpaired) electrons. The maximum absolute atomic E-state index is 3.75. The molecule has 1 N–H and O–H groups in total. The van der Waals surface area contributed by atoms with Crippen LogP contribution in [0.25, 0.3) is 0 Å². The molecule has 86 valence electrons. The van der Waals surface area contributed by atoms with Crippen molar-refractivity contribution in [3.8, 4) is 0 Å². The van der Waals surface area contributed by atoms with E-state index in [4.69, 9.17) is 0 Å². The molecular weight excluding hydrogens is 182 g/mol. The third kappa shape index (κ3) is 2.38. The molecule has 0 aromatic heterocycles. The van der Waals surface area contributed by atoms with Crippen LogP contribution in [0.1, 0.15) is 57.8 Å². The zero-order valence-electron chi connectivity index (χ0n) is 9.88. The topological polar surface area (TPSA) is 12.0 Å². The van der Waals surface area contributed by atoms with E-state index >= 15 is 0 Å². The fraction of sp³-hybridized carbons (Fsp3) is 1.00. The zero-order chi connectivity index (χ0) is 10.1. The fourth-order valence-corrected chi connectivity index (χ4v) is 3.93. The monoisotopic (exact) mass is 207 g/mol. The van der Waals surface area contributed by atoms with Gasteiger partial charge in [0.15, 0.2) is 0 Å². The van der Waals surface area contributed by atoms with Crippen molar-refractivity contribution >= 4 is 0 Å². The van der Waals surface area contributed by atoms with E-state index in [1.165, 1.54) is 45.1 Å². The average molecular weight is 207 g/mol. The molecule has 0 aliphatic heterocycles. The van der Waals surface area contributed by atoms with Crippen LogP contribution < -0.4 is 5.32 Å². The van der Waals surface area contributed by atoms with Crippen LogP contribution in [-0.4, -0.2) is 12.6 Å². The molecule has 0 saturated heterocycles. The molecule has 0 amide bonds. The predicted molar refractivity (Wildman–Crippen MR) is 63.8 cm³/mol. The van der Waals surface area contributed by atoms with Crippen molar-refractivity contribution in [1.82, 2.24) is 5.32 Å². The Bertz CT molecular complexity index is 203. The molecule has 3 saturated carbocycles. The summed E-state index contributed by atoms with van der Waals surface area (Å²) in [6.45, 7) is 1.34. The maximum Gasteiger partial charge on any atom is 0.00683 e. The van der Waals surface area contributed by atoms with E-state index in [1.807, 2.05) is 0 Å². The normalized spacial score (nSPS) is 37.6. The van der Waals surface area contributed by atoms with E-state index in [0.717, 1.165) is 23.8 Å². The van der Waals surface area contributed by atoms with Crippen molar-refractivity contribution < 1.29 is 0 Å². The van der Waals surface area contributed by atoms with E-state index in [1.54, 1.807) is 19.3 Å². The minimum atomic E-state index is 0.912. The lowest BCUT2D eigenvalue weighted by atomic mass is 9.83. The summed E-state index contributed by atoms with van der Waals surface area (Å²) < 4.78 is 0. The Balaban J connectivity index is 1.51. The van der Waals surface area contributed by atoms with Crippen LogP contribution in [0.3, 0.4) is 0 Å². The minimum absolute atomic E-state index is 0.912.